The molecule has 0 saturated heterocycles. The second-order valence-electron chi connectivity index (χ2n) is 3.78. The van der Waals surface area contributed by atoms with Crippen LogP contribution in [0.5, 0.6) is 0 Å². The van der Waals surface area contributed by atoms with Crippen LogP contribution in [-0.2, 0) is 10.6 Å². The van der Waals surface area contributed by atoms with Crippen molar-refractivity contribution in [3.8, 4) is 0 Å². The molecule has 98 valence electrons. The Balaban J connectivity index is 2.25. The molecule has 3 nitrogen and oxygen atoms in total. The largest absolute Gasteiger partial charge is 0.379 e. The van der Waals surface area contributed by atoms with Gasteiger partial charge in [0.05, 0.1) is 13.2 Å². The summed E-state index contributed by atoms with van der Waals surface area (Å²) >= 11 is 5.68. The maximum atomic E-state index is 11.7. The number of ether oxygens (including phenoxy) is 1. The molecule has 0 aliphatic carbocycles. The van der Waals surface area contributed by atoms with Gasteiger partial charge >= 0.3 is 0 Å². The van der Waals surface area contributed by atoms with Crippen LogP contribution in [0.2, 0.25) is 0 Å². The molecule has 1 aromatic carbocycles. The summed E-state index contributed by atoms with van der Waals surface area (Å²) in [6.07, 6.45) is 2.63. The molecule has 0 unspecified atom stereocenters. The van der Waals surface area contributed by atoms with Gasteiger partial charge in [-0.1, -0.05) is 18.2 Å². The Morgan fingerprint density at radius 3 is 2.67 bits per heavy atom. The van der Waals surface area contributed by atoms with E-state index in [9.17, 15) is 4.79 Å². The van der Waals surface area contributed by atoms with Crippen LogP contribution in [0.4, 0.5) is 0 Å². The highest BCUT2D eigenvalue weighted by Gasteiger charge is 2.03. The van der Waals surface area contributed by atoms with E-state index in [1.54, 1.807) is 18.2 Å². The van der Waals surface area contributed by atoms with Gasteiger partial charge in [-0.3, -0.25) is 4.79 Å². The van der Waals surface area contributed by atoms with Gasteiger partial charge in [-0.05, 0) is 24.1 Å². The molecule has 1 N–H and O–H groups in total. The first-order valence-electron chi connectivity index (χ1n) is 5.89. The predicted octanol–water partition coefficient (Wildman–Crippen LogP) is 2.75. The van der Waals surface area contributed by atoms with Crippen molar-refractivity contribution in [2.24, 2.45) is 0 Å². The van der Waals surface area contributed by atoms with E-state index in [0.29, 0.717) is 31.2 Å². The molecule has 0 aromatic heterocycles. The van der Waals surface area contributed by atoms with E-state index in [-0.39, 0.29) is 5.91 Å². The van der Waals surface area contributed by atoms with Crippen LogP contribution >= 0.6 is 11.6 Å². The number of nitrogens with one attached hydrogen (secondary N) is 1. The molecule has 1 amide bonds. The summed E-state index contributed by atoms with van der Waals surface area (Å²) in [5.74, 6) is 0.363. The maximum Gasteiger partial charge on any atom is 0.251 e. The van der Waals surface area contributed by atoms with Crippen molar-refractivity contribution in [2.45, 2.75) is 12.3 Å². The van der Waals surface area contributed by atoms with E-state index < -0.39 is 0 Å². The average molecular weight is 268 g/mol. The summed E-state index contributed by atoms with van der Waals surface area (Å²) in [5, 5.41) is 2.79. The van der Waals surface area contributed by atoms with Gasteiger partial charge in [0.1, 0.15) is 0 Å². The molecule has 0 saturated carbocycles. The minimum atomic E-state index is -0.0940. The zero-order chi connectivity index (χ0) is 13.2. The molecule has 0 radical (unpaired) electrons. The summed E-state index contributed by atoms with van der Waals surface area (Å²) in [4.78, 5) is 11.7. The van der Waals surface area contributed by atoms with Crippen molar-refractivity contribution in [2.75, 3.05) is 19.8 Å². The van der Waals surface area contributed by atoms with Gasteiger partial charge in [0.15, 0.2) is 0 Å². The fourth-order valence-corrected chi connectivity index (χ4v) is 1.53. The Morgan fingerprint density at radius 1 is 1.33 bits per heavy atom. The van der Waals surface area contributed by atoms with Gasteiger partial charge in [0.2, 0.25) is 0 Å². The summed E-state index contributed by atoms with van der Waals surface area (Å²) in [6.45, 7) is 5.26. The molecule has 18 heavy (non-hydrogen) atoms. The van der Waals surface area contributed by atoms with Gasteiger partial charge in [-0.2, -0.15) is 0 Å². The van der Waals surface area contributed by atoms with Crippen LogP contribution in [-0.4, -0.2) is 25.7 Å². The first-order chi connectivity index (χ1) is 8.77. The lowest BCUT2D eigenvalue weighted by atomic mass is 10.1. The Labute approximate surface area is 113 Å². The maximum absolute atomic E-state index is 11.7. The van der Waals surface area contributed by atoms with E-state index in [4.69, 9.17) is 16.3 Å². The average Bonchev–Trinajstić information content (AvgIpc) is 2.42. The number of carbonyl (C=O) groups excluding carboxylic acids is 1. The third-order valence-electron chi connectivity index (χ3n) is 2.37. The van der Waals surface area contributed by atoms with Crippen molar-refractivity contribution < 1.29 is 9.53 Å². The Morgan fingerprint density at radius 2 is 2.06 bits per heavy atom. The summed E-state index contributed by atoms with van der Waals surface area (Å²) in [7, 11) is 0. The second kappa shape index (κ2) is 8.72. The standard InChI is InChI=1S/C14H18ClNO2/c1-2-3-9-18-10-8-16-14(17)13-6-4-12(11-15)5-7-13/h2,4-7H,1,3,8-11H2,(H,16,17). The lowest BCUT2D eigenvalue weighted by Crippen LogP contribution is -2.27. The monoisotopic (exact) mass is 267 g/mol. The number of hydrogen-bond donors (Lipinski definition) is 1. The molecule has 4 heteroatoms. The van der Waals surface area contributed by atoms with Crippen LogP contribution in [0, 0.1) is 0 Å². The molecule has 1 aromatic rings. The van der Waals surface area contributed by atoms with Crippen LogP contribution in [0.15, 0.2) is 36.9 Å². The smallest absolute Gasteiger partial charge is 0.251 e. The summed E-state index contributed by atoms with van der Waals surface area (Å²) in [6, 6.07) is 7.24. The number of carbonyl (C=O) groups is 1. The molecule has 0 heterocycles. The van der Waals surface area contributed by atoms with Crippen molar-refractivity contribution in [3.63, 3.8) is 0 Å². The number of amides is 1. The van der Waals surface area contributed by atoms with E-state index in [2.05, 4.69) is 11.9 Å². The molecule has 0 aliphatic rings. The summed E-state index contributed by atoms with van der Waals surface area (Å²) in [5.41, 5.74) is 1.64. The van der Waals surface area contributed by atoms with Crippen LogP contribution < -0.4 is 5.32 Å². The molecule has 1 rings (SSSR count). The van der Waals surface area contributed by atoms with Crippen molar-refractivity contribution in [1.29, 1.82) is 0 Å². The Hall–Kier alpha value is -1.32. The van der Waals surface area contributed by atoms with Gasteiger partial charge in [-0.25, -0.2) is 0 Å². The summed E-state index contributed by atoms with van der Waals surface area (Å²) < 4.78 is 5.29. The molecule has 0 fully saturated rings. The lowest BCUT2D eigenvalue weighted by Gasteiger charge is -2.06. The SMILES string of the molecule is C=CCCOCCNC(=O)c1ccc(CCl)cc1. The van der Waals surface area contributed by atoms with Gasteiger partial charge in [-0.15, -0.1) is 18.2 Å². The quantitative estimate of drug-likeness (QED) is 0.447. The normalized spacial score (nSPS) is 10.1. The van der Waals surface area contributed by atoms with E-state index in [0.717, 1.165) is 12.0 Å². The van der Waals surface area contributed by atoms with Gasteiger partial charge in [0.25, 0.3) is 5.91 Å². The molecule has 0 spiro atoms. The number of alkyl halides is 1. The van der Waals surface area contributed by atoms with Crippen LogP contribution in [0.3, 0.4) is 0 Å². The molecule has 0 bridgehead atoms. The predicted molar refractivity (Wildman–Crippen MR) is 74.0 cm³/mol. The topological polar surface area (TPSA) is 38.3 Å². The Bertz CT molecular complexity index is 376. The first kappa shape index (κ1) is 14.7. The fraction of sp³-hybridized carbons (Fsp3) is 0.357. The number of rotatable bonds is 8. The zero-order valence-corrected chi connectivity index (χ0v) is 11.1. The molecule has 0 aliphatic heterocycles. The third kappa shape index (κ3) is 5.34. The van der Waals surface area contributed by atoms with Crippen LogP contribution in [0.1, 0.15) is 22.3 Å². The molecular weight excluding hydrogens is 250 g/mol. The first-order valence-corrected chi connectivity index (χ1v) is 6.43. The van der Waals surface area contributed by atoms with E-state index >= 15 is 0 Å². The fourth-order valence-electron chi connectivity index (χ4n) is 1.35. The zero-order valence-electron chi connectivity index (χ0n) is 10.3. The highest BCUT2D eigenvalue weighted by Crippen LogP contribution is 2.06. The van der Waals surface area contributed by atoms with E-state index in [1.807, 2.05) is 12.1 Å². The molecule has 0 atom stereocenters. The lowest BCUT2D eigenvalue weighted by molar-refractivity contribution is 0.0918. The third-order valence-corrected chi connectivity index (χ3v) is 2.68. The number of hydrogen-bond acceptors (Lipinski definition) is 2. The van der Waals surface area contributed by atoms with Gasteiger partial charge < -0.3 is 10.1 Å². The highest BCUT2D eigenvalue weighted by molar-refractivity contribution is 6.17. The van der Waals surface area contributed by atoms with Gasteiger partial charge in [0, 0.05) is 18.0 Å². The highest BCUT2D eigenvalue weighted by atomic mass is 35.5. The van der Waals surface area contributed by atoms with Crippen molar-refractivity contribution in [1.82, 2.24) is 5.32 Å². The Kier molecular flexibility index (Phi) is 7.14. The molecular formula is C14H18ClNO2. The van der Waals surface area contributed by atoms with Crippen molar-refractivity contribution >= 4 is 17.5 Å². The minimum Gasteiger partial charge on any atom is -0.379 e. The number of halogens is 1. The van der Waals surface area contributed by atoms with E-state index in [1.165, 1.54) is 0 Å². The van der Waals surface area contributed by atoms with Crippen LogP contribution in [0.25, 0.3) is 0 Å². The minimum absolute atomic E-state index is 0.0940. The van der Waals surface area contributed by atoms with Crippen molar-refractivity contribution in [3.05, 3.63) is 48.0 Å². The second-order valence-corrected chi connectivity index (χ2v) is 4.04. The number of benzene rings is 1.